The molecular formula is C23H18FN3O2. The molecule has 0 radical (unpaired) electrons. The number of nitrogens with one attached hydrogen (secondary N) is 2. The van der Waals surface area contributed by atoms with E-state index in [1.807, 2.05) is 36.4 Å². The Morgan fingerprint density at radius 3 is 2.28 bits per heavy atom. The molecule has 5 nitrogen and oxygen atoms in total. The number of rotatable bonds is 6. The molecule has 2 N–H and O–H groups in total. The molecule has 6 heteroatoms. The lowest BCUT2D eigenvalue weighted by Gasteiger charge is -2.10. The van der Waals surface area contributed by atoms with Crippen LogP contribution in [0.4, 0.5) is 10.1 Å². The maximum absolute atomic E-state index is 13.0. The van der Waals surface area contributed by atoms with Gasteiger partial charge in [-0.3, -0.25) is 9.59 Å². The highest BCUT2D eigenvalue weighted by molar-refractivity contribution is 6.09. The number of carbonyl (C=O) groups excluding carboxylic acids is 2. The van der Waals surface area contributed by atoms with Crippen molar-refractivity contribution in [3.05, 3.63) is 107 Å². The van der Waals surface area contributed by atoms with E-state index in [0.717, 1.165) is 5.56 Å². The highest BCUT2D eigenvalue weighted by Crippen LogP contribution is 2.16. The summed E-state index contributed by atoms with van der Waals surface area (Å²) < 4.78 is 13.0. The summed E-state index contributed by atoms with van der Waals surface area (Å²) in [6, 6.07) is 21.4. The molecule has 0 heterocycles. The van der Waals surface area contributed by atoms with Crippen LogP contribution in [0.1, 0.15) is 26.3 Å². The van der Waals surface area contributed by atoms with Gasteiger partial charge in [-0.1, -0.05) is 48.5 Å². The predicted molar refractivity (Wildman–Crippen MR) is 112 cm³/mol. The first kappa shape index (κ1) is 19.7. The van der Waals surface area contributed by atoms with E-state index in [-0.39, 0.29) is 11.1 Å². The fourth-order valence-electron chi connectivity index (χ4n) is 2.50. The Morgan fingerprint density at radius 1 is 0.828 bits per heavy atom. The molecule has 0 atom stereocenters. The maximum Gasteiger partial charge on any atom is 0.273 e. The standard InChI is InChI=1S/C23H18FN3O2/c24-19-14-12-18(13-15-19)22(28)26-21-11-5-4-10-20(21)23(29)27-25-16-6-9-17-7-2-1-3-8-17/h1-16H,(H,26,28)(H,27,29)/b9-6+,25-16+. The molecule has 0 aliphatic rings. The van der Waals surface area contributed by atoms with Crippen molar-refractivity contribution in [2.75, 3.05) is 5.32 Å². The number of hydrogen-bond acceptors (Lipinski definition) is 3. The summed E-state index contributed by atoms with van der Waals surface area (Å²) in [7, 11) is 0. The number of allylic oxidation sites excluding steroid dienone is 1. The fourth-order valence-corrected chi connectivity index (χ4v) is 2.50. The molecule has 0 spiro atoms. The quantitative estimate of drug-likeness (QED) is 0.483. The Bertz CT molecular complexity index is 1050. The Hall–Kier alpha value is -4.06. The Balaban J connectivity index is 1.64. The van der Waals surface area contributed by atoms with Crippen molar-refractivity contribution in [2.24, 2.45) is 5.10 Å². The predicted octanol–water partition coefficient (Wildman–Crippen LogP) is 4.51. The molecule has 0 saturated heterocycles. The Morgan fingerprint density at radius 2 is 1.52 bits per heavy atom. The average molecular weight is 387 g/mol. The smallest absolute Gasteiger partial charge is 0.273 e. The first-order chi connectivity index (χ1) is 14.1. The van der Waals surface area contributed by atoms with Gasteiger partial charge in [0.05, 0.1) is 11.3 Å². The van der Waals surface area contributed by atoms with Gasteiger partial charge < -0.3 is 5.32 Å². The summed E-state index contributed by atoms with van der Waals surface area (Å²) in [6.45, 7) is 0. The molecule has 0 aromatic heterocycles. The van der Waals surface area contributed by atoms with Gasteiger partial charge in [0.2, 0.25) is 0 Å². The minimum atomic E-state index is -0.468. The number of amides is 2. The summed E-state index contributed by atoms with van der Waals surface area (Å²) in [5, 5.41) is 6.55. The third-order valence-corrected chi connectivity index (χ3v) is 3.94. The molecule has 3 rings (SSSR count). The van der Waals surface area contributed by atoms with Crippen molar-refractivity contribution in [3.8, 4) is 0 Å². The average Bonchev–Trinajstić information content (AvgIpc) is 2.75. The molecule has 0 bridgehead atoms. The van der Waals surface area contributed by atoms with Gasteiger partial charge in [-0.05, 0) is 48.0 Å². The van der Waals surface area contributed by atoms with E-state index < -0.39 is 17.6 Å². The zero-order valence-corrected chi connectivity index (χ0v) is 15.4. The highest BCUT2D eigenvalue weighted by Gasteiger charge is 2.13. The molecule has 0 aliphatic heterocycles. The van der Waals surface area contributed by atoms with Gasteiger partial charge in [-0.2, -0.15) is 5.10 Å². The number of para-hydroxylation sites is 1. The second kappa shape index (κ2) is 9.75. The highest BCUT2D eigenvalue weighted by atomic mass is 19.1. The molecule has 0 fully saturated rings. The number of hydrogen-bond donors (Lipinski definition) is 2. The van der Waals surface area contributed by atoms with E-state index in [0.29, 0.717) is 5.69 Å². The van der Waals surface area contributed by atoms with Crippen LogP contribution in [0, 0.1) is 5.82 Å². The molecule has 0 unspecified atom stereocenters. The Labute approximate surface area is 167 Å². The van der Waals surface area contributed by atoms with Crippen molar-refractivity contribution in [1.82, 2.24) is 5.43 Å². The fraction of sp³-hybridized carbons (Fsp3) is 0. The van der Waals surface area contributed by atoms with Crippen molar-refractivity contribution in [1.29, 1.82) is 0 Å². The van der Waals surface area contributed by atoms with Crippen LogP contribution < -0.4 is 10.7 Å². The normalized spacial score (nSPS) is 10.9. The molecule has 2 amide bonds. The number of nitrogens with zero attached hydrogens (tertiary/aromatic N) is 1. The van der Waals surface area contributed by atoms with E-state index >= 15 is 0 Å². The number of anilines is 1. The van der Waals surface area contributed by atoms with Crippen molar-refractivity contribution >= 4 is 29.8 Å². The molecule has 3 aromatic carbocycles. The van der Waals surface area contributed by atoms with Gasteiger partial charge in [0, 0.05) is 11.8 Å². The SMILES string of the molecule is O=C(Nc1ccccc1C(=O)N/N=C/C=C/c1ccccc1)c1ccc(F)cc1. The Kier molecular flexibility index (Phi) is 6.62. The van der Waals surface area contributed by atoms with Gasteiger partial charge in [0.25, 0.3) is 11.8 Å². The minimum absolute atomic E-state index is 0.257. The number of benzene rings is 3. The van der Waals surface area contributed by atoms with Crippen molar-refractivity contribution < 1.29 is 14.0 Å². The summed E-state index contributed by atoms with van der Waals surface area (Å²) in [5.41, 5.74) is 4.31. The minimum Gasteiger partial charge on any atom is -0.321 e. The van der Waals surface area contributed by atoms with Crippen LogP contribution in [-0.4, -0.2) is 18.0 Å². The second-order valence-electron chi connectivity index (χ2n) is 6.00. The topological polar surface area (TPSA) is 70.6 Å². The van der Waals surface area contributed by atoms with Crippen molar-refractivity contribution in [2.45, 2.75) is 0 Å². The first-order valence-electron chi connectivity index (χ1n) is 8.84. The zero-order chi connectivity index (χ0) is 20.5. The monoisotopic (exact) mass is 387 g/mol. The van der Waals surface area contributed by atoms with Crippen LogP contribution in [0.2, 0.25) is 0 Å². The van der Waals surface area contributed by atoms with Crippen LogP contribution >= 0.6 is 0 Å². The van der Waals surface area contributed by atoms with Crippen LogP contribution in [-0.2, 0) is 0 Å². The molecule has 0 saturated carbocycles. The molecule has 144 valence electrons. The number of carbonyl (C=O) groups is 2. The van der Waals surface area contributed by atoms with E-state index in [4.69, 9.17) is 0 Å². The van der Waals surface area contributed by atoms with Crippen LogP contribution in [0.5, 0.6) is 0 Å². The summed E-state index contributed by atoms with van der Waals surface area (Å²) in [4.78, 5) is 24.7. The van der Waals surface area contributed by atoms with Crippen LogP contribution in [0.25, 0.3) is 6.08 Å². The van der Waals surface area contributed by atoms with Gasteiger partial charge in [0.1, 0.15) is 5.82 Å². The molecule has 29 heavy (non-hydrogen) atoms. The second-order valence-corrected chi connectivity index (χ2v) is 6.00. The van der Waals surface area contributed by atoms with Gasteiger partial charge in [0.15, 0.2) is 0 Å². The van der Waals surface area contributed by atoms with Gasteiger partial charge >= 0.3 is 0 Å². The van der Waals surface area contributed by atoms with Gasteiger partial charge in [-0.25, -0.2) is 9.82 Å². The summed E-state index contributed by atoms with van der Waals surface area (Å²) in [5.74, 6) is -1.34. The van der Waals surface area contributed by atoms with E-state index in [1.54, 1.807) is 30.3 Å². The zero-order valence-electron chi connectivity index (χ0n) is 15.4. The van der Waals surface area contributed by atoms with Crippen LogP contribution in [0.3, 0.4) is 0 Å². The van der Waals surface area contributed by atoms with E-state index in [1.165, 1.54) is 30.5 Å². The lowest BCUT2D eigenvalue weighted by atomic mass is 10.1. The van der Waals surface area contributed by atoms with Crippen LogP contribution in [0.15, 0.2) is 90.0 Å². The van der Waals surface area contributed by atoms with Gasteiger partial charge in [-0.15, -0.1) is 0 Å². The molecule has 0 aliphatic carbocycles. The third kappa shape index (κ3) is 5.71. The number of halogens is 1. The maximum atomic E-state index is 13.0. The summed E-state index contributed by atoms with van der Waals surface area (Å²) >= 11 is 0. The first-order valence-corrected chi connectivity index (χ1v) is 8.84. The molecular weight excluding hydrogens is 369 g/mol. The number of hydrazone groups is 1. The largest absolute Gasteiger partial charge is 0.321 e. The van der Waals surface area contributed by atoms with E-state index in [2.05, 4.69) is 15.8 Å². The lowest BCUT2D eigenvalue weighted by Crippen LogP contribution is -2.21. The third-order valence-electron chi connectivity index (χ3n) is 3.94. The summed E-state index contributed by atoms with van der Waals surface area (Å²) in [6.07, 6.45) is 5.02. The van der Waals surface area contributed by atoms with Crippen molar-refractivity contribution in [3.63, 3.8) is 0 Å². The van der Waals surface area contributed by atoms with E-state index in [9.17, 15) is 14.0 Å². The lowest BCUT2D eigenvalue weighted by molar-refractivity contribution is 0.0956. The molecule has 3 aromatic rings.